The number of piperidine rings is 1. The van der Waals surface area contributed by atoms with Gasteiger partial charge in [-0.25, -0.2) is 0 Å². The van der Waals surface area contributed by atoms with Gasteiger partial charge in [0, 0.05) is 13.1 Å². The van der Waals surface area contributed by atoms with Gasteiger partial charge in [0.25, 0.3) is 0 Å². The number of likely N-dealkylation sites (tertiary alicyclic amines) is 1. The minimum Gasteiger partial charge on any atom is -0.351 e. The second-order valence-electron chi connectivity index (χ2n) is 5.75. The van der Waals surface area contributed by atoms with Gasteiger partial charge in [0.2, 0.25) is 5.91 Å². The molecule has 104 valence electrons. The molecule has 0 aromatic heterocycles. The monoisotopic (exact) mass is 253 g/mol. The lowest BCUT2D eigenvalue weighted by Crippen LogP contribution is -2.48. The smallest absolute Gasteiger partial charge is 0.237 e. The molecular formula is C14H27N3O. The van der Waals surface area contributed by atoms with Crippen molar-refractivity contribution < 1.29 is 4.79 Å². The highest BCUT2D eigenvalue weighted by molar-refractivity contribution is 5.81. The summed E-state index contributed by atoms with van der Waals surface area (Å²) >= 11 is 0. The first-order valence-corrected chi connectivity index (χ1v) is 6.77. The molecule has 0 aromatic carbocycles. The molecule has 0 spiro atoms. The molecule has 0 bridgehead atoms. The van der Waals surface area contributed by atoms with Gasteiger partial charge in [-0.15, -0.1) is 6.58 Å². The van der Waals surface area contributed by atoms with Gasteiger partial charge >= 0.3 is 0 Å². The zero-order chi connectivity index (χ0) is 13.6. The lowest BCUT2D eigenvalue weighted by atomic mass is 9.80. The molecule has 1 unspecified atom stereocenters. The van der Waals surface area contributed by atoms with Crippen molar-refractivity contribution in [2.45, 2.75) is 32.7 Å². The molecular weight excluding hydrogens is 226 g/mol. The number of carbonyl (C=O) groups excluding carboxylic acids is 1. The van der Waals surface area contributed by atoms with Gasteiger partial charge < -0.3 is 15.5 Å². The zero-order valence-electron chi connectivity index (χ0n) is 12.0. The van der Waals surface area contributed by atoms with Crippen molar-refractivity contribution in [1.29, 1.82) is 0 Å². The highest BCUT2D eigenvalue weighted by atomic mass is 16.2. The third-order valence-corrected chi connectivity index (χ3v) is 3.84. The molecule has 1 fully saturated rings. The first kappa shape index (κ1) is 15.2. The number of nitrogens with one attached hydrogen (secondary N) is 2. The van der Waals surface area contributed by atoms with Crippen LogP contribution in [0, 0.1) is 5.41 Å². The summed E-state index contributed by atoms with van der Waals surface area (Å²) in [6.07, 6.45) is 4.08. The van der Waals surface area contributed by atoms with E-state index >= 15 is 0 Å². The van der Waals surface area contributed by atoms with E-state index < -0.39 is 0 Å². The molecule has 4 nitrogen and oxygen atoms in total. The summed E-state index contributed by atoms with van der Waals surface area (Å²) in [6, 6.07) is -0.138. The fourth-order valence-corrected chi connectivity index (χ4v) is 2.15. The van der Waals surface area contributed by atoms with Gasteiger partial charge in [-0.1, -0.05) is 13.0 Å². The minimum atomic E-state index is -0.138. The van der Waals surface area contributed by atoms with E-state index in [0.29, 0.717) is 12.0 Å². The van der Waals surface area contributed by atoms with Crippen LogP contribution >= 0.6 is 0 Å². The summed E-state index contributed by atoms with van der Waals surface area (Å²) in [5, 5.41) is 6.16. The molecule has 1 heterocycles. The predicted molar refractivity (Wildman–Crippen MR) is 75.5 cm³/mol. The summed E-state index contributed by atoms with van der Waals surface area (Å²) in [6.45, 7) is 11.5. The van der Waals surface area contributed by atoms with E-state index in [1.54, 1.807) is 6.08 Å². The first-order chi connectivity index (χ1) is 8.47. The number of hydrogen-bond acceptors (Lipinski definition) is 3. The Bertz CT molecular complexity index is 283. The van der Waals surface area contributed by atoms with E-state index in [1.807, 2.05) is 6.92 Å². The maximum atomic E-state index is 11.7. The highest BCUT2D eigenvalue weighted by Gasteiger charge is 2.29. The lowest BCUT2D eigenvalue weighted by Gasteiger charge is -2.38. The van der Waals surface area contributed by atoms with Crippen molar-refractivity contribution in [2.75, 3.05) is 33.2 Å². The average Bonchev–Trinajstić information content (AvgIpc) is 2.37. The first-order valence-electron chi connectivity index (χ1n) is 6.77. The largest absolute Gasteiger partial charge is 0.351 e. The minimum absolute atomic E-state index is 0.0476. The van der Waals surface area contributed by atoms with Crippen molar-refractivity contribution >= 4 is 5.91 Å². The molecule has 1 saturated heterocycles. The molecule has 1 aliphatic rings. The van der Waals surface area contributed by atoms with Crippen molar-refractivity contribution in [1.82, 2.24) is 15.5 Å². The van der Waals surface area contributed by atoms with Crippen molar-refractivity contribution in [3.63, 3.8) is 0 Å². The van der Waals surface area contributed by atoms with Crippen LogP contribution in [0.4, 0.5) is 0 Å². The van der Waals surface area contributed by atoms with E-state index in [4.69, 9.17) is 0 Å². The Morgan fingerprint density at radius 3 is 2.67 bits per heavy atom. The van der Waals surface area contributed by atoms with Crippen LogP contribution < -0.4 is 10.6 Å². The maximum Gasteiger partial charge on any atom is 0.237 e. The summed E-state index contributed by atoms with van der Waals surface area (Å²) < 4.78 is 0. The van der Waals surface area contributed by atoms with Gasteiger partial charge in [-0.2, -0.15) is 0 Å². The molecule has 0 aromatic rings. The lowest BCUT2D eigenvalue weighted by molar-refractivity contribution is -0.122. The van der Waals surface area contributed by atoms with Crippen molar-refractivity contribution in [3.8, 4) is 0 Å². The van der Waals surface area contributed by atoms with Crippen LogP contribution in [0.5, 0.6) is 0 Å². The molecule has 1 rings (SSSR count). The second-order valence-corrected chi connectivity index (χ2v) is 5.75. The highest BCUT2D eigenvalue weighted by Crippen LogP contribution is 2.29. The molecule has 0 radical (unpaired) electrons. The molecule has 1 atom stereocenters. The topological polar surface area (TPSA) is 44.4 Å². The number of hydrogen-bond donors (Lipinski definition) is 2. The second kappa shape index (κ2) is 6.90. The summed E-state index contributed by atoms with van der Waals surface area (Å²) in [4.78, 5) is 14.1. The molecule has 0 saturated carbocycles. The Hall–Kier alpha value is -0.870. The van der Waals surface area contributed by atoms with Gasteiger partial charge in [-0.3, -0.25) is 4.79 Å². The van der Waals surface area contributed by atoms with Gasteiger partial charge in [0.15, 0.2) is 0 Å². The van der Waals surface area contributed by atoms with E-state index in [2.05, 4.69) is 36.1 Å². The Morgan fingerprint density at radius 2 is 2.11 bits per heavy atom. The van der Waals surface area contributed by atoms with Crippen molar-refractivity contribution in [2.24, 2.45) is 5.41 Å². The molecule has 18 heavy (non-hydrogen) atoms. The van der Waals surface area contributed by atoms with E-state index in [1.165, 1.54) is 12.8 Å². The van der Waals surface area contributed by atoms with Gasteiger partial charge in [0.05, 0.1) is 6.04 Å². The quantitative estimate of drug-likeness (QED) is 0.694. The van der Waals surface area contributed by atoms with Crippen LogP contribution in [0.3, 0.4) is 0 Å². The maximum absolute atomic E-state index is 11.7. The third-order valence-electron chi connectivity index (χ3n) is 3.84. The van der Waals surface area contributed by atoms with Crippen LogP contribution in [-0.2, 0) is 4.79 Å². The van der Waals surface area contributed by atoms with Crippen LogP contribution in [0.25, 0.3) is 0 Å². The Kier molecular flexibility index (Phi) is 5.82. The standard InChI is InChI=1S/C14H27N3O/c1-5-8-15-13(18)12(2)16-11-14(3)6-9-17(4)10-7-14/h5,12,16H,1,6-11H2,2-4H3,(H,15,18). The molecule has 0 aliphatic carbocycles. The SMILES string of the molecule is C=CCNC(=O)C(C)NCC1(C)CCN(C)CC1. The van der Waals surface area contributed by atoms with Crippen molar-refractivity contribution in [3.05, 3.63) is 12.7 Å². The average molecular weight is 253 g/mol. The van der Waals surface area contributed by atoms with Gasteiger partial charge in [0.1, 0.15) is 0 Å². The van der Waals surface area contributed by atoms with Crippen LogP contribution in [0.2, 0.25) is 0 Å². The number of carbonyl (C=O) groups is 1. The number of nitrogens with zero attached hydrogens (tertiary/aromatic N) is 1. The Morgan fingerprint density at radius 1 is 1.50 bits per heavy atom. The summed E-state index contributed by atoms with van der Waals surface area (Å²) in [5.41, 5.74) is 0.319. The van der Waals surface area contributed by atoms with Crippen LogP contribution in [0.1, 0.15) is 26.7 Å². The van der Waals surface area contributed by atoms with Crippen LogP contribution in [0.15, 0.2) is 12.7 Å². The predicted octanol–water partition coefficient (Wildman–Crippen LogP) is 0.999. The van der Waals surface area contributed by atoms with Crippen LogP contribution in [-0.4, -0.2) is 50.1 Å². The number of rotatable bonds is 6. The van der Waals surface area contributed by atoms with E-state index in [0.717, 1.165) is 19.6 Å². The molecule has 1 aliphatic heterocycles. The molecule has 2 N–H and O–H groups in total. The Balaban J connectivity index is 2.30. The molecule has 4 heteroatoms. The van der Waals surface area contributed by atoms with Gasteiger partial charge in [-0.05, 0) is 45.3 Å². The van der Waals surface area contributed by atoms with E-state index in [-0.39, 0.29) is 11.9 Å². The van der Waals surface area contributed by atoms with E-state index in [9.17, 15) is 4.79 Å². The zero-order valence-corrected chi connectivity index (χ0v) is 12.0. The summed E-state index contributed by atoms with van der Waals surface area (Å²) in [5.74, 6) is 0.0476. The Labute approximate surface area is 111 Å². The summed E-state index contributed by atoms with van der Waals surface area (Å²) in [7, 11) is 2.17. The fourth-order valence-electron chi connectivity index (χ4n) is 2.15. The third kappa shape index (κ3) is 4.78. The molecule has 1 amide bonds. The normalized spacial score (nSPS) is 21.3. The number of amides is 1. The fraction of sp³-hybridized carbons (Fsp3) is 0.786.